The summed E-state index contributed by atoms with van der Waals surface area (Å²) < 4.78 is 15.7. The Bertz CT molecular complexity index is 1180. The van der Waals surface area contributed by atoms with Crippen LogP contribution in [0.1, 0.15) is 17.0 Å². The molecule has 1 aromatic heterocycles. The molecule has 0 radical (unpaired) electrons. The molecule has 0 aliphatic heterocycles. The number of nitrogens with one attached hydrogen (secondary N) is 1. The van der Waals surface area contributed by atoms with Gasteiger partial charge in [-0.3, -0.25) is 4.79 Å². The SMILES string of the molecule is Cc1cc(/C=C(\C#N)C(=O)Nc2ccccc2F)c(C)n1-c1cc(Cl)ccc1Cl. The lowest BCUT2D eigenvalue weighted by molar-refractivity contribution is -0.112. The first kappa shape index (κ1) is 20.7. The van der Waals surface area contributed by atoms with E-state index >= 15 is 0 Å². The van der Waals surface area contributed by atoms with Crippen LogP contribution in [0.2, 0.25) is 10.0 Å². The molecule has 0 bridgehead atoms. The van der Waals surface area contributed by atoms with E-state index in [1.54, 1.807) is 24.3 Å². The monoisotopic (exact) mass is 427 g/mol. The molecule has 4 nitrogen and oxygen atoms in total. The lowest BCUT2D eigenvalue weighted by atomic mass is 10.1. The van der Waals surface area contributed by atoms with Crippen LogP contribution in [0.3, 0.4) is 0 Å². The first-order valence-corrected chi connectivity index (χ1v) is 9.39. The van der Waals surface area contributed by atoms with Crippen LogP contribution in [0.15, 0.2) is 54.1 Å². The maximum atomic E-state index is 13.8. The second-order valence-electron chi connectivity index (χ2n) is 6.36. The number of hydrogen-bond donors (Lipinski definition) is 1. The fourth-order valence-corrected chi connectivity index (χ4v) is 3.39. The van der Waals surface area contributed by atoms with Gasteiger partial charge in [0.1, 0.15) is 17.5 Å². The van der Waals surface area contributed by atoms with E-state index in [1.165, 1.54) is 24.3 Å². The van der Waals surface area contributed by atoms with Crippen LogP contribution in [-0.2, 0) is 4.79 Å². The highest BCUT2D eigenvalue weighted by Gasteiger charge is 2.16. The van der Waals surface area contributed by atoms with E-state index in [0.29, 0.717) is 21.3 Å². The zero-order chi connectivity index (χ0) is 21.1. The van der Waals surface area contributed by atoms with Crippen LogP contribution in [0.5, 0.6) is 0 Å². The number of para-hydroxylation sites is 1. The predicted octanol–water partition coefficient (Wildman–Crippen LogP) is 6.09. The molecule has 0 unspecified atom stereocenters. The van der Waals surface area contributed by atoms with E-state index in [0.717, 1.165) is 11.4 Å². The standard InChI is InChI=1S/C22H16Cl2FN3O/c1-13-9-15(14(2)28(13)21-11-17(23)7-8-18(21)24)10-16(12-26)22(29)27-20-6-4-3-5-19(20)25/h3-11H,1-2H3,(H,27,29)/b16-10+. The maximum Gasteiger partial charge on any atom is 0.266 e. The van der Waals surface area contributed by atoms with Crippen LogP contribution in [0, 0.1) is 31.0 Å². The van der Waals surface area contributed by atoms with Crippen LogP contribution >= 0.6 is 23.2 Å². The second-order valence-corrected chi connectivity index (χ2v) is 7.21. The summed E-state index contributed by atoms with van der Waals surface area (Å²) in [6, 6.07) is 14.6. The highest BCUT2D eigenvalue weighted by atomic mass is 35.5. The van der Waals surface area contributed by atoms with Crippen molar-refractivity contribution in [3.05, 3.63) is 86.9 Å². The van der Waals surface area contributed by atoms with Crippen molar-refractivity contribution < 1.29 is 9.18 Å². The Morgan fingerprint density at radius 3 is 2.59 bits per heavy atom. The minimum absolute atomic E-state index is 0.00910. The largest absolute Gasteiger partial charge is 0.319 e. The Morgan fingerprint density at radius 2 is 1.90 bits per heavy atom. The number of aromatic nitrogens is 1. The summed E-state index contributed by atoms with van der Waals surface area (Å²) >= 11 is 12.4. The molecule has 146 valence electrons. The Labute approximate surface area is 177 Å². The topological polar surface area (TPSA) is 57.8 Å². The first-order valence-electron chi connectivity index (χ1n) is 8.64. The van der Waals surface area contributed by atoms with Crippen LogP contribution in [-0.4, -0.2) is 10.5 Å². The minimum atomic E-state index is -0.691. The summed E-state index contributed by atoms with van der Waals surface area (Å²) in [6.45, 7) is 3.73. The third-order valence-electron chi connectivity index (χ3n) is 4.41. The van der Waals surface area contributed by atoms with E-state index in [1.807, 2.05) is 30.6 Å². The van der Waals surface area contributed by atoms with E-state index < -0.39 is 11.7 Å². The van der Waals surface area contributed by atoms with Gasteiger partial charge in [-0.1, -0.05) is 35.3 Å². The smallest absolute Gasteiger partial charge is 0.266 e. The summed E-state index contributed by atoms with van der Waals surface area (Å²) in [6.07, 6.45) is 1.47. The Hall–Kier alpha value is -3.07. The molecule has 3 rings (SSSR count). The third kappa shape index (κ3) is 4.34. The second kappa shape index (κ2) is 8.52. The van der Waals surface area contributed by atoms with Gasteiger partial charge in [-0.15, -0.1) is 0 Å². The van der Waals surface area contributed by atoms with Gasteiger partial charge in [0.2, 0.25) is 0 Å². The molecule has 1 amide bonds. The van der Waals surface area contributed by atoms with Gasteiger partial charge in [0, 0.05) is 16.4 Å². The molecule has 29 heavy (non-hydrogen) atoms. The van der Waals surface area contributed by atoms with Gasteiger partial charge in [0.05, 0.1) is 16.4 Å². The van der Waals surface area contributed by atoms with Gasteiger partial charge in [-0.25, -0.2) is 4.39 Å². The van der Waals surface area contributed by atoms with E-state index in [4.69, 9.17) is 23.2 Å². The molecule has 7 heteroatoms. The van der Waals surface area contributed by atoms with Crippen molar-refractivity contribution in [2.45, 2.75) is 13.8 Å². The van der Waals surface area contributed by atoms with Crippen molar-refractivity contribution in [1.29, 1.82) is 5.26 Å². The van der Waals surface area contributed by atoms with Gasteiger partial charge >= 0.3 is 0 Å². The molecular weight excluding hydrogens is 412 g/mol. The fraction of sp³-hybridized carbons (Fsp3) is 0.0909. The maximum absolute atomic E-state index is 13.8. The highest BCUT2D eigenvalue weighted by Crippen LogP contribution is 2.30. The summed E-state index contributed by atoms with van der Waals surface area (Å²) in [5.74, 6) is -1.27. The Balaban J connectivity index is 1.99. The molecule has 1 N–H and O–H groups in total. The number of carbonyl (C=O) groups excluding carboxylic acids is 1. The zero-order valence-electron chi connectivity index (χ0n) is 15.6. The quantitative estimate of drug-likeness (QED) is 0.404. The number of nitriles is 1. The number of hydrogen-bond acceptors (Lipinski definition) is 2. The van der Waals surface area contributed by atoms with E-state index in [-0.39, 0.29) is 11.3 Å². The normalized spacial score (nSPS) is 11.2. The number of anilines is 1. The van der Waals surface area contributed by atoms with Crippen molar-refractivity contribution in [2.75, 3.05) is 5.32 Å². The van der Waals surface area contributed by atoms with Gasteiger partial charge in [-0.05, 0) is 61.9 Å². The lowest BCUT2D eigenvalue weighted by Gasteiger charge is -2.12. The number of nitrogens with zero attached hydrogens (tertiary/aromatic N) is 2. The van der Waals surface area contributed by atoms with Crippen molar-refractivity contribution >= 4 is 40.9 Å². The zero-order valence-corrected chi connectivity index (χ0v) is 17.1. The molecular formula is C22H16Cl2FN3O. The number of halogens is 3. The summed E-state index contributed by atoms with van der Waals surface area (Å²) in [5, 5.41) is 12.9. The van der Waals surface area contributed by atoms with Crippen molar-refractivity contribution in [3.8, 4) is 11.8 Å². The van der Waals surface area contributed by atoms with Gasteiger partial charge in [0.25, 0.3) is 5.91 Å². The number of carbonyl (C=O) groups is 1. The van der Waals surface area contributed by atoms with Crippen LogP contribution in [0.25, 0.3) is 11.8 Å². The molecule has 3 aromatic rings. The highest BCUT2D eigenvalue weighted by molar-refractivity contribution is 6.34. The molecule has 0 atom stereocenters. The molecule has 0 saturated heterocycles. The summed E-state index contributed by atoms with van der Waals surface area (Å²) in [5.41, 5.74) is 2.85. The van der Waals surface area contributed by atoms with E-state index in [2.05, 4.69) is 5.32 Å². The number of rotatable bonds is 4. The number of aryl methyl sites for hydroxylation is 1. The molecule has 0 aliphatic carbocycles. The van der Waals surface area contributed by atoms with Gasteiger partial charge in [0.15, 0.2) is 0 Å². The average molecular weight is 428 g/mol. The molecule has 0 fully saturated rings. The Kier molecular flexibility index (Phi) is 6.07. The Morgan fingerprint density at radius 1 is 1.17 bits per heavy atom. The van der Waals surface area contributed by atoms with Gasteiger partial charge in [-0.2, -0.15) is 5.26 Å². The summed E-state index contributed by atoms with van der Waals surface area (Å²) in [4.78, 5) is 12.5. The van der Waals surface area contributed by atoms with Crippen molar-refractivity contribution in [3.63, 3.8) is 0 Å². The predicted molar refractivity (Wildman–Crippen MR) is 114 cm³/mol. The molecule has 0 saturated carbocycles. The number of amides is 1. The first-order chi connectivity index (χ1) is 13.8. The van der Waals surface area contributed by atoms with Crippen LogP contribution in [0.4, 0.5) is 10.1 Å². The van der Waals surface area contributed by atoms with Crippen molar-refractivity contribution in [1.82, 2.24) is 4.57 Å². The lowest BCUT2D eigenvalue weighted by Crippen LogP contribution is -2.14. The minimum Gasteiger partial charge on any atom is -0.319 e. The fourth-order valence-electron chi connectivity index (χ4n) is 3.02. The van der Waals surface area contributed by atoms with Crippen LogP contribution < -0.4 is 5.32 Å². The molecule has 2 aromatic carbocycles. The van der Waals surface area contributed by atoms with Gasteiger partial charge < -0.3 is 9.88 Å². The summed E-state index contributed by atoms with van der Waals surface area (Å²) in [7, 11) is 0. The molecule has 1 heterocycles. The molecule has 0 aliphatic rings. The number of benzene rings is 2. The van der Waals surface area contributed by atoms with Crippen molar-refractivity contribution in [2.24, 2.45) is 0 Å². The van der Waals surface area contributed by atoms with E-state index in [9.17, 15) is 14.4 Å². The third-order valence-corrected chi connectivity index (χ3v) is 4.96. The average Bonchev–Trinajstić information content (AvgIpc) is 2.96. The molecule has 0 spiro atoms.